The lowest BCUT2D eigenvalue weighted by Gasteiger charge is -2.13. The molecule has 0 radical (unpaired) electrons. The van der Waals surface area contributed by atoms with Gasteiger partial charge in [-0.2, -0.15) is 5.10 Å². The van der Waals surface area contributed by atoms with Crippen LogP contribution in [0.15, 0.2) is 56.6 Å². The Labute approximate surface area is 178 Å². The van der Waals surface area contributed by atoms with E-state index in [1.54, 1.807) is 42.7 Å². The summed E-state index contributed by atoms with van der Waals surface area (Å²) in [6.45, 7) is 2.10. The Morgan fingerprint density at radius 2 is 1.93 bits per heavy atom. The van der Waals surface area contributed by atoms with Crippen molar-refractivity contribution in [2.24, 2.45) is 5.10 Å². The highest BCUT2D eigenvalue weighted by atomic mass is 35.5. The summed E-state index contributed by atoms with van der Waals surface area (Å²) in [6.07, 6.45) is 3.77. The van der Waals surface area contributed by atoms with Gasteiger partial charge in [0.1, 0.15) is 11.5 Å². The third-order valence-electron chi connectivity index (χ3n) is 4.93. The molecule has 4 rings (SSSR count). The van der Waals surface area contributed by atoms with Crippen LogP contribution in [-0.4, -0.2) is 17.5 Å². The number of hydrogen-bond acceptors (Lipinski definition) is 5. The highest BCUT2D eigenvalue weighted by Gasteiger charge is 2.28. The van der Waals surface area contributed by atoms with Crippen molar-refractivity contribution in [3.05, 3.63) is 81.7 Å². The number of carbonyl (C=O) groups is 2. The maximum atomic E-state index is 12.6. The van der Waals surface area contributed by atoms with E-state index in [2.05, 4.69) is 15.8 Å². The number of amides is 2. The number of halogens is 1. The number of rotatable bonds is 5. The fourth-order valence-corrected chi connectivity index (χ4v) is 3.57. The largest absolute Gasteiger partial charge is 0.467 e. The molecule has 0 saturated heterocycles. The lowest BCUT2D eigenvalue weighted by atomic mass is 9.93. The quantitative estimate of drug-likeness (QED) is 0.597. The first kappa shape index (κ1) is 20.0. The van der Waals surface area contributed by atoms with E-state index in [1.165, 1.54) is 0 Å². The van der Waals surface area contributed by atoms with Gasteiger partial charge in [-0.05, 0) is 56.2 Å². The first-order chi connectivity index (χ1) is 14.5. The van der Waals surface area contributed by atoms with Crippen molar-refractivity contribution >= 4 is 29.1 Å². The number of nitrogens with one attached hydrogen (secondary N) is 2. The number of hydrogen-bond donors (Lipinski definition) is 2. The van der Waals surface area contributed by atoms with Crippen molar-refractivity contribution < 1.29 is 18.4 Å². The third kappa shape index (κ3) is 4.16. The molecule has 8 heteroatoms. The highest BCUT2D eigenvalue weighted by Crippen LogP contribution is 2.30. The molecule has 2 heterocycles. The monoisotopic (exact) mass is 425 g/mol. The summed E-state index contributed by atoms with van der Waals surface area (Å²) >= 11 is 5.86. The Kier molecular flexibility index (Phi) is 5.72. The number of fused-ring (bicyclic) bond motifs is 1. The number of hydrazone groups is 1. The van der Waals surface area contributed by atoms with Crippen molar-refractivity contribution in [1.29, 1.82) is 0 Å². The van der Waals surface area contributed by atoms with Gasteiger partial charge in [-0.15, -0.1) is 0 Å². The molecule has 30 heavy (non-hydrogen) atoms. The van der Waals surface area contributed by atoms with Crippen LogP contribution in [0, 0.1) is 6.92 Å². The lowest BCUT2D eigenvalue weighted by molar-refractivity contribution is 0.0916. The van der Waals surface area contributed by atoms with Gasteiger partial charge < -0.3 is 14.2 Å². The van der Waals surface area contributed by atoms with E-state index in [-0.39, 0.29) is 24.1 Å². The number of benzene rings is 1. The zero-order valence-corrected chi connectivity index (χ0v) is 17.1. The van der Waals surface area contributed by atoms with Crippen molar-refractivity contribution in [2.45, 2.75) is 32.7 Å². The van der Waals surface area contributed by atoms with Crippen LogP contribution in [0.3, 0.4) is 0 Å². The van der Waals surface area contributed by atoms with Crippen LogP contribution in [0.4, 0.5) is 0 Å². The Morgan fingerprint density at radius 1 is 1.13 bits per heavy atom. The maximum absolute atomic E-state index is 12.6. The average Bonchev–Trinajstić information content (AvgIpc) is 3.39. The second kappa shape index (κ2) is 8.59. The third-order valence-corrected chi connectivity index (χ3v) is 5.19. The topological polar surface area (TPSA) is 96.8 Å². The van der Waals surface area contributed by atoms with Gasteiger partial charge in [-0.1, -0.05) is 11.6 Å². The van der Waals surface area contributed by atoms with E-state index in [9.17, 15) is 9.59 Å². The zero-order chi connectivity index (χ0) is 21.1. The molecule has 1 aliphatic carbocycles. The molecule has 0 unspecified atom stereocenters. The van der Waals surface area contributed by atoms with Crippen LogP contribution in [0.25, 0.3) is 0 Å². The SMILES string of the molecule is Cc1c(C(=O)NCc2ccco2)oc2c1/C(=N/NC(=O)c1ccc(Cl)cc1)CCC2. The number of aryl methyl sites for hydroxylation is 1. The summed E-state index contributed by atoms with van der Waals surface area (Å²) in [5.74, 6) is 0.975. The Morgan fingerprint density at radius 3 is 2.67 bits per heavy atom. The molecule has 0 aliphatic heterocycles. The Hall–Kier alpha value is -3.32. The molecule has 0 bridgehead atoms. The van der Waals surface area contributed by atoms with Gasteiger partial charge in [0.15, 0.2) is 5.76 Å². The van der Waals surface area contributed by atoms with Gasteiger partial charge in [-0.3, -0.25) is 9.59 Å². The van der Waals surface area contributed by atoms with Gasteiger partial charge in [0, 0.05) is 28.1 Å². The fraction of sp³-hybridized carbons (Fsp3) is 0.227. The molecule has 2 N–H and O–H groups in total. The highest BCUT2D eigenvalue weighted by molar-refractivity contribution is 6.30. The number of furan rings is 2. The Balaban J connectivity index is 1.51. The summed E-state index contributed by atoms with van der Waals surface area (Å²) < 4.78 is 11.1. The van der Waals surface area contributed by atoms with E-state index in [0.29, 0.717) is 46.2 Å². The molecular weight excluding hydrogens is 406 g/mol. The van der Waals surface area contributed by atoms with Crippen LogP contribution in [-0.2, 0) is 13.0 Å². The maximum Gasteiger partial charge on any atom is 0.287 e. The van der Waals surface area contributed by atoms with E-state index in [0.717, 1.165) is 12.0 Å². The minimum Gasteiger partial charge on any atom is -0.467 e. The van der Waals surface area contributed by atoms with E-state index < -0.39 is 0 Å². The molecule has 1 aromatic carbocycles. The Bertz CT molecular complexity index is 1100. The second-order valence-electron chi connectivity index (χ2n) is 6.98. The molecule has 7 nitrogen and oxygen atoms in total. The van der Waals surface area contributed by atoms with E-state index in [1.807, 2.05) is 6.92 Å². The van der Waals surface area contributed by atoms with Gasteiger partial charge in [0.05, 0.1) is 18.5 Å². The van der Waals surface area contributed by atoms with E-state index >= 15 is 0 Å². The molecule has 2 aromatic heterocycles. The summed E-state index contributed by atoms with van der Waals surface area (Å²) in [4.78, 5) is 24.9. The van der Waals surface area contributed by atoms with Gasteiger partial charge in [0.2, 0.25) is 0 Å². The predicted octanol–water partition coefficient (Wildman–Crippen LogP) is 4.23. The molecule has 154 valence electrons. The first-order valence-corrected chi connectivity index (χ1v) is 9.96. The van der Waals surface area contributed by atoms with Crippen LogP contribution in [0.1, 0.15) is 56.4 Å². The van der Waals surface area contributed by atoms with Gasteiger partial charge in [-0.25, -0.2) is 5.43 Å². The standard InChI is InChI=1S/C22H20ClN3O4/c1-13-19-17(25-26-21(27)14-7-9-15(23)10-8-14)5-2-6-18(19)30-20(13)22(28)24-12-16-4-3-11-29-16/h3-4,7-11H,2,5-6,12H2,1H3,(H,24,28)(H,26,27)/b25-17+. The summed E-state index contributed by atoms with van der Waals surface area (Å²) in [6, 6.07) is 10.1. The molecule has 3 aromatic rings. The zero-order valence-electron chi connectivity index (χ0n) is 16.3. The first-order valence-electron chi connectivity index (χ1n) is 9.58. The summed E-state index contributed by atoms with van der Waals surface area (Å²) in [7, 11) is 0. The van der Waals surface area contributed by atoms with Crippen molar-refractivity contribution in [2.75, 3.05) is 0 Å². The number of carbonyl (C=O) groups excluding carboxylic acids is 2. The van der Waals surface area contributed by atoms with Crippen LogP contribution < -0.4 is 10.7 Å². The minimum atomic E-state index is -0.330. The number of nitrogens with zero attached hydrogens (tertiary/aromatic N) is 1. The second-order valence-corrected chi connectivity index (χ2v) is 7.41. The average molecular weight is 426 g/mol. The van der Waals surface area contributed by atoms with Crippen molar-refractivity contribution in [3.63, 3.8) is 0 Å². The molecule has 0 atom stereocenters. The van der Waals surface area contributed by atoms with Gasteiger partial charge >= 0.3 is 0 Å². The van der Waals surface area contributed by atoms with Gasteiger partial charge in [0.25, 0.3) is 11.8 Å². The van der Waals surface area contributed by atoms with E-state index in [4.69, 9.17) is 20.4 Å². The minimum absolute atomic E-state index is 0.255. The molecule has 1 aliphatic rings. The molecular formula is C22H20ClN3O4. The smallest absolute Gasteiger partial charge is 0.287 e. The van der Waals surface area contributed by atoms with Crippen molar-refractivity contribution in [1.82, 2.24) is 10.7 Å². The van der Waals surface area contributed by atoms with Crippen LogP contribution in [0.5, 0.6) is 0 Å². The molecule has 0 fully saturated rings. The summed E-state index contributed by atoms with van der Waals surface area (Å²) in [5.41, 5.74) is 5.25. The van der Waals surface area contributed by atoms with Crippen molar-refractivity contribution in [3.8, 4) is 0 Å². The van der Waals surface area contributed by atoms with Crippen LogP contribution in [0.2, 0.25) is 5.02 Å². The molecule has 0 spiro atoms. The molecule has 0 saturated carbocycles. The normalized spacial score (nSPS) is 14.4. The summed E-state index contributed by atoms with van der Waals surface area (Å²) in [5, 5.41) is 7.67. The fourth-order valence-electron chi connectivity index (χ4n) is 3.44. The van der Waals surface area contributed by atoms with Crippen LogP contribution >= 0.6 is 11.6 Å². The predicted molar refractivity (Wildman–Crippen MR) is 112 cm³/mol. The lowest BCUT2D eigenvalue weighted by Crippen LogP contribution is -2.23. The molecule has 2 amide bonds.